The number of nitriles is 1. The summed E-state index contributed by atoms with van der Waals surface area (Å²) in [5, 5.41) is 9.78. The summed E-state index contributed by atoms with van der Waals surface area (Å²) in [6.45, 7) is 7.22. The highest BCUT2D eigenvalue weighted by atomic mass is 32.2. The van der Waals surface area contributed by atoms with Gasteiger partial charge in [-0.1, -0.05) is 37.3 Å². The third-order valence-corrected chi connectivity index (χ3v) is 7.49. The number of anilines is 1. The van der Waals surface area contributed by atoms with Gasteiger partial charge in [-0.2, -0.15) is 5.26 Å². The van der Waals surface area contributed by atoms with Gasteiger partial charge in [-0.05, 0) is 50.7 Å². The molecule has 0 spiro atoms. The second kappa shape index (κ2) is 11.8. The first-order valence-corrected chi connectivity index (χ1v) is 12.8. The molecule has 0 bridgehead atoms. The first-order valence-electron chi connectivity index (χ1n) is 11.6. The molecule has 1 aromatic rings. The topological polar surface area (TPSA) is 78.6 Å². The maximum Gasteiger partial charge on any atom is 0.270 e. The van der Waals surface area contributed by atoms with Crippen LogP contribution in [0.3, 0.4) is 0 Å². The largest absolute Gasteiger partial charge is 0.385 e. The highest BCUT2D eigenvalue weighted by molar-refractivity contribution is 8.26. The fourth-order valence-corrected chi connectivity index (χ4v) is 5.60. The number of carbonyl (C=O) groups is 1. The minimum absolute atomic E-state index is 0.130. The van der Waals surface area contributed by atoms with Crippen LogP contribution in [0.4, 0.5) is 5.82 Å². The standard InChI is InChI=1S/C24H32N4O3S2/c1-4-5-12-27-21(26-10-7-6-8-11-26)18(17(2)19(16-25)22(27)29)15-20-23(30)28(24(32)33-20)13-9-14-31-3/h15H,4-14H2,1-3H3/b20-15-. The lowest BCUT2D eigenvalue weighted by atomic mass is 10.0. The van der Waals surface area contributed by atoms with E-state index in [0.29, 0.717) is 40.9 Å². The Morgan fingerprint density at radius 3 is 2.55 bits per heavy atom. The van der Waals surface area contributed by atoms with E-state index in [1.807, 2.05) is 13.0 Å². The number of carbonyl (C=O) groups excluding carboxylic acids is 1. The molecular formula is C24H32N4O3S2. The molecule has 33 heavy (non-hydrogen) atoms. The maximum absolute atomic E-state index is 13.3. The lowest BCUT2D eigenvalue weighted by Gasteiger charge is -2.33. The molecule has 9 heteroatoms. The number of thioether (sulfide) groups is 1. The van der Waals surface area contributed by atoms with E-state index < -0.39 is 0 Å². The first-order chi connectivity index (χ1) is 15.9. The molecule has 0 aromatic carbocycles. The van der Waals surface area contributed by atoms with E-state index in [4.69, 9.17) is 17.0 Å². The van der Waals surface area contributed by atoms with Crippen LogP contribution in [0.25, 0.3) is 6.08 Å². The average molecular weight is 489 g/mol. The van der Waals surface area contributed by atoms with Gasteiger partial charge < -0.3 is 9.64 Å². The first kappa shape index (κ1) is 25.5. The Morgan fingerprint density at radius 1 is 1.18 bits per heavy atom. The Balaban J connectivity index is 2.13. The van der Waals surface area contributed by atoms with Gasteiger partial charge in [0.2, 0.25) is 0 Å². The van der Waals surface area contributed by atoms with Crippen molar-refractivity contribution in [3.05, 3.63) is 31.9 Å². The molecule has 0 saturated carbocycles. The maximum atomic E-state index is 13.3. The van der Waals surface area contributed by atoms with Crippen molar-refractivity contribution in [1.82, 2.24) is 9.47 Å². The number of unbranched alkanes of at least 4 members (excludes halogenated alkanes) is 1. The van der Waals surface area contributed by atoms with Crippen molar-refractivity contribution in [3.8, 4) is 6.07 Å². The predicted molar refractivity (Wildman–Crippen MR) is 137 cm³/mol. The van der Waals surface area contributed by atoms with E-state index in [0.717, 1.165) is 50.2 Å². The van der Waals surface area contributed by atoms with Crippen molar-refractivity contribution in [2.45, 2.75) is 58.9 Å². The predicted octanol–water partition coefficient (Wildman–Crippen LogP) is 4.06. The number of amides is 1. The minimum atomic E-state index is -0.242. The lowest BCUT2D eigenvalue weighted by Crippen LogP contribution is -2.37. The van der Waals surface area contributed by atoms with Crippen LogP contribution < -0.4 is 10.5 Å². The van der Waals surface area contributed by atoms with E-state index in [1.165, 1.54) is 18.2 Å². The Kier molecular flexibility index (Phi) is 9.12. The molecule has 2 aliphatic rings. The van der Waals surface area contributed by atoms with Crippen LogP contribution in [0.15, 0.2) is 9.70 Å². The number of hydrogen-bond acceptors (Lipinski definition) is 7. The molecule has 3 rings (SSSR count). The second-order valence-electron chi connectivity index (χ2n) is 8.39. The third kappa shape index (κ3) is 5.51. The molecule has 0 N–H and O–H groups in total. The van der Waals surface area contributed by atoms with Gasteiger partial charge in [-0.3, -0.25) is 19.1 Å². The quantitative estimate of drug-likeness (QED) is 0.295. The number of nitrogens with zero attached hydrogens (tertiary/aromatic N) is 4. The summed E-state index contributed by atoms with van der Waals surface area (Å²) in [5.74, 6) is 0.698. The number of thiocarbonyl (C=S) groups is 1. The van der Waals surface area contributed by atoms with Gasteiger partial charge in [0.25, 0.3) is 11.5 Å². The molecule has 1 amide bonds. The summed E-state index contributed by atoms with van der Waals surface area (Å²) in [6, 6.07) is 2.12. The molecular weight excluding hydrogens is 456 g/mol. The summed E-state index contributed by atoms with van der Waals surface area (Å²) in [4.78, 5) is 30.8. The Bertz CT molecular complexity index is 1040. The molecule has 0 unspecified atom stereocenters. The molecule has 0 aliphatic carbocycles. The smallest absolute Gasteiger partial charge is 0.270 e. The number of pyridine rings is 1. The molecule has 2 saturated heterocycles. The van der Waals surface area contributed by atoms with Crippen molar-refractivity contribution in [1.29, 1.82) is 5.26 Å². The van der Waals surface area contributed by atoms with E-state index in [2.05, 4.69) is 17.9 Å². The highest BCUT2D eigenvalue weighted by Gasteiger charge is 2.33. The van der Waals surface area contributed by atoms with Crippen molar-refractivity contribution < 1.29 is 9.53 Å². The van der Waals surface area contributed by atoms with Crippen LogP contribution in [0.2, 0.25) is 0 Å². The number of piperidine rings is 1. The van der Waals surface area contributed by atoms with Crippen LogP contribution in [0.1, 0.15) is 62.1 Å². The minimum Gasteiger partial charge on any atom is -0.385 e. The number of methoxy groups -OCH3 is 1. The van der Waals surface area contributed by atoms with Crippen molar-refractivity contribution in [3.63, 3.8) is 0 Å². The van der Waals surface area contributed by atoms with Crippen molar-refractivity contribution >= 4 is 46.1 Å². The fraction of sp³-hybridized carbons (Fsp3) is 0.583. The van der Waals surface area contributed by atoms with Gasteiger partial charge in [0, 0.05) is 45.5 Å². The average Bonchev–Trinajstić information content (AvgIpc) is 3.08. The monoisotopic (exact) mass is 488 g/mol. The van der Waals surface area contributed by atoms with Crippen LogP contribution >= 0.6 is 24.0 Å². The summed E-state index contributed by atoms with van der Waals surface area (Å²) in [5.41, 5.74) is 1.31. The van der Waals surface area contributed by atoms with Gasteiger partial charge >= 0.3 is 0 Å². The van der Waals surface area contributed by atoms with Crippen LogP contribution in [0.5, 0.6) is 0 Å². The summed E-state index contributed by atoms with van der Waals surface area (Å²) in [7, 11) is 1.63. The lowest BCUT2D eigenvalue weighted by molar-refractivity contribution is -0.122. The zero-order valence-corrected chi connectivity index (χ0v) is 21.3. The molecule has 1 aromatic heterocycles. The summed E-state index contributed by atoms with van der Waals surface area (Å²) >= 11 is 6.75. The molecule has 178 valence electrons. The number of hydrogen-bond donors (Lipinski definition) is 0. The molecule has 0 radical (unpaired) electrons. The molecule has 2 aliphatic heterocycles. The second-order valence-corrected chi connectivity index (χ2v) is 10.1. The van der Waals surface area contributed by atoms with Crippen molar-refractivity contribution in [2.24, 2.45) is 0 Å². The van der Waals surface area contributed by atoms with Gasteiger partial charge in [-0.15, -0.1) is 0 Å². The van der Waals surface area contributed by atoms with Gasteiger partial charge in [0.1, 0.15) is 21.8 Å². The molecule has 7 nitrogen and oxygen atoms in total. The number of rotatable bonds is 9. The van der Waals surface area contributed by atoms with Gasteiger partial charge in [0.15, 0.2) is 0 Å². The number of aromatic nitrogens is 1. The van der Waals surface area contributed by atoms with Gasteiger partial charge in [-0.25, -0.2) is 0 Å². The highest BCUT2D eigenvalue weighted by Crippen LogP contribution is 2.36. The van der Waals surface area contributed by atoms with E-state index in [1.54, 1.807) is 16.6 Å². The van der Waals surface area contributed by atoms with Crippen LogP contribution in [-0.2, 0) is 16.1 Å². The zero-order chi connectivity index (χ0) is 24.0. The van der Waals surface area contributed by atoms with Crippen LogP contribution in [-0.4, -0.2) is 53.0 Å². The Hall–Kier alpha value is -2.15. The Morgan fingerprint density at radius 2 is 1.91 bits per heavy atom. The van der Waals surface area contributed by atoms with Crippen LogP contribution in [0, 0.1) is 18.3 Å². The zero-order valence-electron chi connectivity index (χ0n) is 19.7. The molecule has 2 fully saturated rings. The normalized spacial score (nSPS) is 17.8. The number of ether oxygens (including phenoxy) is 1. The molecule has 0 atom stereocenters. The van der Waals surface area contributed by atoms with Crippen molar-refractivity contribution in [2.75, 3.05) is 38.3 Å². The van der Waals surface area contributed by atoms with E-state index in [-0.39, 0.29) is 17.0 Å². The molecule has 3 heterocycles. The third-order valence-electron chi connectivity index (χ3n) is 6.12. The summed E-state index contributed by atoms with van der Waals surface area (Å²) in [6.07, 6.45) is 7.61. The SMILES string of the molecule is CCCCn1c(N2CCCCC2)c(/C=C2\SC(=S)N(CCCOC)C2=O)c(C)c(C#N)c1=O. The Labute approximate surface area is 205 Å². The van der Waals surface area contributed by atoms with E-state index in [9.17, 15) is 14.9 Å². The summed E-state index contributed by atoms with van der Waals surface area (Å²) < 4.78 is 7.39. The fourth-order valence-electron chi connectivity index (χ4n) is 4.31. The van der Waals surface area contributed by atoms with E-state index >= 15 is 0 Å². The van der Waals surface area contributed by atoms with Gasteiger partial charge in [0.05, 0.1) is 4.91 Å².